The van der Waals surface area contributed by atoms with Gasteiger partial charge in [-0.05, 0) is 98.9 Å². The van der Waals surface area contributed by atoms with Crippen molar-refractivity contribution >= 4 is 40.9 Å². The van der Waals surface area contributed by atoms with Crippen LogP contribution in [0.2, 0.25) is 10.0 Å². The number of benzene rings is 2. The number of aromatic nitrogens is 2. The van der Waals surface area contributed by atoms with Crippen molar-refractivity contribution in [3.8, 4) is 11.6 Å². The van der Waals surface area contributed by atoms with Gasteiger partial charge in [-0.2, -0.15) is 0 Å². The number of carbonyl (C=O) groups excluding carboxylic acids is 1. The van der Waals surface area contributed by atoms with Gasteiger partial charge in [0.15, 0.2) is 0 Å². The number of carbonyl (C=O) groups is 1. The number of nitrogens with one attached hydrogen (secondary N) is 1. The van der Waals surface area contributed by atoms with Crippen molar-refractivity contribution in [2.75, 3.05) is 0 Å². The van der Waals surface area contributed by atoms with Gasteiger partial charge in [-0.1, -0.05) is 54.6 Å². The number of fused-ring (bicyclic) bond motifs is 1. The highest BCUT2D eigenvalue weighted by atomic mass is 35.5. The van der Waals surface area contributed by atoms with Gasteiger partial charge in [0.1, 0.15) is 5.82 Å². The van der Waals surface area contributed by atoms with Crippen LogP contribution in [0.3, 0.4) is 0 Å². The third-order valence-electron chi connectivity index (χ3n) is 7.61. The normalized spacial score (nSPS) is 18.1. The molecule has 5 rings (SSSR count). The zero-order valence-corrected chi connectivity index (χ0v) is 23.0. The Morgan fingerprint density at radius 1 is 1.08 bits per heavy atom. The minimum absolute atomic E-state index is 0.0307. The first-order valence-corrected chi connectivity index (χ1v) is 14.2. The standard InChI is InChI=1S/C30H32Cl2FN3O2/c1-19(21-7-3-2-4-8-21)34-30(37)38-29-25-10-6-5-9-22(17-20-11-14-24(33)15-12-20)28(25)36(35-29)27-16-13-23(31)18-26(27)32/h11-19,21H,2-10H2,1H3,(H,34,37)/b22-17+/t19-/m1/s1. The first-order chi connectivity index (χ1) is 18.4. The molecule has 5 nitrogen and oxygen atoms in total. The molecule has 0 spiro atoms. The average Bonchev–Trinajstić information content (AvgIpc) is 3.10. The summed E-state index contributed by atoms with van der Waals surface area (Å²) in [6, 6.07) is 11.7. The summed E-state index contributed by atoms with van der Waals surface area (Å²) >= 11 is 12.8. The molecule has 1 amide bonds. The molecule has 1 fully saturated rings. The Hall–Kier alpha value is -2.83. The van der Waals surface area contributed by atoms with Crippen LogP contribution in [-0.2, 0) is 6.42 Å². The summed E-state index contributed by atoms with van der Waals surface area (Å²) in [4.78, 5) is 13.0. The maximum Gasteiger partial charge on any atom is 0.414 e. The Balaban J connectivity index is 1.53. The molecule has 1 atom stereocenters. The van der Waals surface area contributed by atoms with Crippen molar-refractivity contribution in [3.05, 3.63) is 75.1 Å². The molecule has 0 unspecified atom stereocenters. The monoisotopic (exact) mass is 555 g/mol. The zero-order valence-electron chi connectivity index (χ0n) is 21.5. The summed E-state index contributed by atoms with van der Waals surface area (Å²) in [5.74, 6) is 0.464. The van der Waals surface area contributed by atoms with E-state index in [0.717, 1.165) is 54.5 Å². The number of amides is 1. The molecule has 1 aromatic heterocycles. The number of nitrogens with zero attached hydrogens (tertiary/aromatic N) is 2. The molecule has 0 bridgehead atoms. The first kappa shape index (κ1) is 26.8. The maximum atomic E-state index is 13.6. The summed E-state index contributed by atoms with van der Waals surface area (Å²) in [5, 5.41) is 8.77. The molecule has 38 heavy (non-hydrogen) atoms. The first-order valence-electron chi connectivity index (χ1n) is 13.4. The molecule has 2 aliphatic carbocycles. The molecule has 1 heterocycles. The minimum atomic E-state index is -0.494. The van der Waals surface area contributed by atoms with Crippen LogP contribution in [0.25, 0.3) is 17.3 Å². The second-order valence-corrected chi connectivity index (χ2v) is 11.1. The van der Waals surface area contributed by atoms with E-state index >= 15 is 0 Å². The van der Waals surface area contributed by atoms with Gasteiger partial charge in [0.05, 0.1) is 16.4 Å². The number of halogens is 3. The SMILES string of the molecule is C[C@@H](NC(=O)Oc1nn(-c2ccc(Cl)cc2Cl)c2c1CCCC/C2=C\c1ccc(F)cc1)C1CCCCC1. The molecular formula is C30H32Cl2FN3O2. The van der Waals surface area contributed by atoms with Gasteiger partial charge in [-0.15, -0.1) is 5.10 Å². The highest BCUT2D eigenvalue weighted by Crippen LogP contribution is 2.39. The molecule has 0 saturated heterocycles. The van der Waals surface area contributed by atoms with Crippen LogP contribution in [0, 0.1) is 11.7 Å². The highest BCUT2D eigenvalue weighted by molar-refractivity contribution is 6.35. The third-order valence-corrected chi connectivity index (χ3v) is 8.15. The summed E-state index contributed by atoms with van der Waals surface area (Å²) < 4.78 is 21.2. The van der Waals surface area contributed by atoms with Gasteiger partial charge in [0.2, 0.25) is 5.88 Å². The van der Waals surface area contributed by atoms with E-state index in [1.54, 1.807) is 28.9 Å². The second-order valence-electron chi connectivity index (χ2n) is 10.3. The van der Waals surface area contributed by atoms with Crippen LogP contribution in [0.1, 0.15) is 75.1 Å². The Labute approximate surface area is 233 Å². The lowest BCUT2D eigenvalue weighted by Gasteiger charge is -2.27. The number of ether oxygens (including phenoxy) is 1. The molecule has 1 N–H and O–H groups in total. The van der Waals surface area contributed by atoms with Gasteiger partial charge in [0.25, 0.3) is 0 Å². The predicted molar refractivity (Wildman–Crippen MR) is 151 cm³/mol. The van der Waals surface area contributed by atoms with Crippen molar-refractivity contribution in [1.29, 1.82) is 0 Å². The van der Waals surface area contributed by atoms with Gasteiger partial charge in [0, 0.05) is 16.6 Å². The summed E-state index contributed by atoms with van der Waals surface area (Å²) in [6.07, 6.45) is 10.8. The van der Waals surface area contributed by atoms with E-state index < -0.39 is 6.09 Å². The summed E-state index contributed by atoms with van der Waals surface area (Å²) in [7, 11) is 0. The van der Waals surface area contributed by atoms with Crippen molar-refractivity contribution in [2.24, 2.45) is 5.92 Å². The quantitative estimate of drug-likeness (QED) is 0.320. The maximum absolute atomic E-state index is 13.6. The second kappa shape index (κ2) is 11.9. The zero-order chi connectivity index (χ0) is 26.6. The largest absolute Gasteiger partial charge is 0.414 e. The number of allylic oxidation sites excluding steroid dienone is 1. The van der Waals surface area contributed by atoms with E-state index in [9.17, 15) is 9.18 Å². The van der Waals surface area contributed by atoms with Crippen molar-refractivity contribution in [1.82, 2.24) is 15.1 Å². The molecular weight excluding hydrogens is 524 g/mol. The van der Waals surface area contributed by atoms with E-state index in [2.05, 4.69) is 5.32 Å². The molecule has 8 heteroatoms. The van der Waals surface area contributed by atoms with Crippen LogP contribution < -0.4 is 10.1 Å². The third kappa shape index (κ3) is 6.08. The lowest BCUT2D eigenvalue weighted by molar-refractivity contribution is 0.184. The number of rotatable bonds is 5. The lowest BCUT2D eigenvalue weighted by Crippen LogP contribution is -2.40. The predicted octanol–water partition coefficient (Wildman–Crippen LogP) is 8.64. The van der Waals surface area contributed by atoms with E-state index in [1.807, 2.05) is 19.1 Å². The fraction of sp³-hybridized carbons (Fsp3) is 0.400. The van der Waals surface area contributed by atoms with Crippen LogP contribution in [-0.4, -0.2) is 21.9 Å². The van der Waals surface area contributed by atoms with Crippen molar-refractivity contribution < 1.29 is 13.9 Å². The number of hydrogen-bond acceptors (Lipinski definition) is 3. The molecule has 0 radical (unpaired) electrons. The average molecular weight is 557 g/mol. The van der Waals surface area contributed by atoms with Crippen molar-refractivity contribution in [2.45, 2.75) is 70.8 Å². The van der Waals surface area contributed by atoms with Gasteiger partial charge in [-0.25, -0.2) is 13.9 Å². The Morgan fingerprint density at radius 3 is 2.55 bits per heavy atom. The fourth-order valence-corrected chi connectivity index (χ4v) is 6.07. The van der Waals surface area contributed by atoms with E-state index in [1.165, 1.54) is 31.4 Å². The number of hydrogen-bond donors (Lipinski definition) is 1. The van der Waals surface area contributed by atoms with Crippen LogP contribution in [0.15, 0.2) is 42.5 Å². The smallest absolute Gasteiger partial charge is 0.389 e. The van der Waals surface area contributed by atoms with E-state index in [0.29, 0.717) is 28.1 Å². The van der Waals surface area contributed by atoms with E-state index in [4.69, 9.17) is 33.0 Å². The molecule has 3 aromatic rings. The molecule has 2 aliphatic rings. The van der Waals surface area contributed by atoms with Gasteiger partial charge < -0.3 is 10.1 Å². The van der Waals surface area contributed by atoms with E-state index in [-0.39, 0.29) is 17.7 Å². The Morgan fingerprint density at radius 2 is 1.82 bits per heavy atom. The topological polar surface area (TPSA) is 56.1 Å². The Kier molecular flexibility index (Phi) is 8.39. The van der Waals surface area contributed by atoms with Crippen LogP contribution in [0.5, 0.6) is 5.88 Å². The molecule has 0 aliphatic heterocycles. The molecule has 1 saturated carbocycles. The van der Waals surface area contributed by atoms with Crippen LogP contribution >= 0.6 is 23.2 Å². The summed E-state index contributed by atoms with van der Waals surface area (Å²) in [6.45, 7) is 2.05. The Bertz CT molecular complexity index is 1330. The van der Waals surface area contributed by atoms with Gasteiger partial charge >= 0.3 is 6.09 Å². The minimum Gasteiger partial charge on any atom is -0.389 e. The highest BCUT2D eigenvalue weighted by Gasteiger charge is 2.28. The fourth-order valence-electron chi connectivity index (χ4n) is 5.59. The lowest BCUT2D eigenvalue weighted by atomic mass is 9.85. The van der Waals surface area contributed by atoms with Crippen molar-refractivity contribution in [3.63, 3.8) is 0 Å². The molecule has 200 valence electrons. The molecule has 2 aromatic carbocycles. The van der Waals surface area contributed by atoms with Crippen LogP contribution in [0.4, 0.5) is 9.18 Å². The summed E-state index contributed by atoms with van der Waals surface area (Å²) in [5.41, 5.74) is 4.26. The van der Waals surface area contributed by atoms with Gasteiger partial charge in [-0.3, -0.25) is 0 Å².